The van der Waals surface area contributed by atoms with Crippen molar-refractivity contribution >= 4 is 11.8 Å². The SMILES string of the molecule is Cc1ccc(CN(Cc2ccc(F)cc2)C(=O)CN(CC2CCCO2)C(=O)c2ccccc2)o1. The van der Waals surface area contributed by atoms with Gasteiger partial charge < -0.3 is 19.0 Å². The van der Waals surface area contributed by atoms with E-state index in [1.54, 1.807) is 46.2 Å². The number of aryl methyl sites for hydroxylation is 1. The highest BCUT2D eigenvalue weighted by molar-refractivity contribution is 5.96. The van der Waals surface area contributed by atoms with Crippen LogP contribution in [0.15, 0.2) is 71.1 Å². The molecule has 0 bridgehead atoms. The van der Waals surface area contributed by atoms with Gasteiger partial charge in [0, 0.05) is 25.3 Å². The maximum absolute atomic E-state index is 13.5. The van der Waals surface area contributed by atoms with Crippen molar-refractivity contribution in [1.29, 1.82) is 0 Å². The van der Waals surface area contributed by atoms with Crippen LogP contribution in [-0.4, -0.2) is 47.4 Å². The first-order valence-corrected chi connectivity index (χ1v) is 11.5. The van der Waals surface area contributed by atoms with Crippen molar-refractivity contribution in [2.75, 3.05) is 19.7 Å². The number of hydrogen-bond acceptors (Lipinski definition) is 4. The zero-order valence-corrected chi connectivity index (χ0v) is 19.3. The molecular weight excluding hydrogens is 435 g/mol. The summed E-state index contributed by atoms with van der Waals surface area (Å²) in [5, 5.41) is 0. The number of amides is 2. The Kier molecular flexibility index (Phi) is 7.75. The van der Waals surface area contributed by atoms with Gasteiger partial charge in [-0.05, 0) is 61.7 Å². The Bertz CT molecular complexity index is 1090. The second-order valence-electron chi connectivity index (χ2n) is 8.58. The van der Waals surface area contributed by atoms with E-state index in [2.05, 4.69) is 0 Å². The van der Waals surface area contributed by atoms with E-state index in [-0.39, 0.29) is 43.4 Å². The summed E-state index contributed by atoms with van der Waals surface area (Å²) >= 11 is 0. The maximum Gasteiger partial charge on any atom is 0.254 e. The quantitative estimate of drug-likeness (QED) is 0.465. The lowest BCUT2D eigenvalue weighted by Gasteiger charge is -2.29. The lowest BCUT2D eigenvalue weighted by Crippen LogP contribution is -2.45. The minimum atomic E-state index is -0.334. The first kappa shape index (κ1) is 23.7. The fourth-order valence-corrected chi connectivity index (χ4v) is 4.08. The summed E-state index contributed by atoms with van der Waals surface area (Å²) in [5.74, 6) is 0.636. The van der Waals surface area contributed by atoms with Crippen molar-refractivity contribution in [3.05, 3.63) is 95.2 Å². The second kappa shape index (κ2) is 11.1. The van der Waals surface area contributed by atoms with E-state index < -0.39 is 0 Å². The molecule has 1 unspecified atom stereocenters. The molecule has 178 valence electrons. The molecule has 1 aromatic heterocycles. The zero-order valence-electron chi connectivity index (χ0n) is 19.3. The van der Waals surface area contributed by atoms with Gasteiger partial charge in [-0.1, -0.05) is 30.3 Å². The fraction of sp³-hybridized carbons (Fsp3) is 0.333. The van der Waals surface area contributed by atoms with Crippen LogP contribution in [-0.2, 0) is 22.6 Å². The molecule has 1 fully saturated rings. The van der Waals surface area contributed by atoms with E-state index in [1.807, 2.05) is 25.1 Å². The summed E-state index contributed by atoms with van der Waals surface area (Å²) in [6.45, 7) is 3.29. The Morgan fingerprint density at radius 1 is 0.971 bits per heavy atom. The monoisotopic (exact) mass is 464 g/mol. The Balaban J connectivity index is 1.54. The summed E-state index contributed by atoms with van der Waals surface area (Å²) in [6.07, 6.45) is 1.72. The van der Waals surface area contributed by atoms with Crippen LogP contribution in [0.5, 0.6) is 0 Å². The van der Waals surface area contributed by atoms with Gasteiger partial charge in [0.1, 0.15) is 23.9 Å². The average molecular weight is 465 g/mol. The van der Waals surface area contributed by atoms with Crippen LogP contribution >= 0.6 is 0 Å². The number of halogens is 1. The normalized spacial score (nSPS) is 15.3. The maximum atomic E-state index is 13.5. The molecule has 1 aliphatic rings. The van der Waals surface area contributed by atoms with Crippen molar-refractivity contribution in [2.45, 2.75) is 39.0 Å². The molecule has 3 aromatic rings. The average Bonchev–Trinajstić information content (AvgIpc) is 3.51. The van der Waals surface area contributed by atoms with Gasteiger partial charge in [-0.25, -0.2) is 4.39 Å². The molecule has 1 aliphatic heterocycles. The first-order chi connectivity index (χ1) is 16.5. The number of hydrogen-bond donors (Lipinski definition) is 0. The van der Waals surface area contributed by atoms with Crippen LogP contribution in [0.3, 0.4) is 0 Å². The molecule has 2 aromatic carbocycles. The van der Waals surface area contributed by atoms with Gasteiger partial charge in [-0.3, -0.25) is 9.59 Å². The molecule has 7 heteroatoms. The Morgan fingerprint density at radius 2 is 1.74 bits per heavy atom. The topological polar surface area (TPSA) is 63.0 Å². The number of carbonyl (C=O) groups is 2. The standard InChI is InChI=1S/C27H29FN2O4/c1-20-9-14-25(34-20)18-29(16-21-10-12-23(28)13-11-21)26(31)19-30(17-24-8-5-15-33-24)27(32)22-6-3-2-4-7-22/h2-4,6-7,9-14,24H,5,8,15-19H2,1H3. The van der Waals surface area contributed by atoms with Crippen molar-refractivity contribution in [3.8, 4) is 0 Å². The fourth-order valence-electron chi connectivity index (χ4n) is 4.08. The van der Waals surface area contributed by atoms with E-state index in [0.29, 0.717) is 24.5 Å². The van der Waals surface area contributed by atoms with Crippen LogP contribution in [0.1, 0.15) is 40.3 Å². The lowest BCUT2D eigenvalue weighted by molar-refractivity contribution is -0.133. The number of rotatable bonds is 9. The highest BCUT2D eigenvalue weighted by Gasteiger charge is 2.27. The predicted octanol–water partition coefficient (Wildman–Crippen LogP) is 4.58. The highest BCUT2D eigenvalue weighted by atomic mass is 19.1. The lowest BCUT2D eigenvalue weighted by atomic mass is 10.1. The van der Waals surface area contributed by atoms with Gasteiger partial charge >= 0.3 is 0 Å². The van der Waals surface area contributed by atoms with E-state index >= 15 is 0 Å². The summed E-state index contributed by atoms with van der Waals surface area (Å²) in [4.78, 5) is 30.0. The van der Waals surface area contributed by atoms with Crippen LogP contribution < -0.4 is 0 Å². The largest absolute Gasteiger partial charge is 0.464 e. The van der Waals surface area contributed by atoms with Gasteiger partial charge in [0.15, 0.2) is 0 Å². The summed E-state index contributed by atoms with van der Waals surface area (Å²) in [5.41, 5.74) is 1.32. The Hall–Kier alpha value is -3.45. The summed E-state index contributed by atoms with van der Waals surface area (Å²) < 4.78 is 24.8. The van der Waals surface area contributed by atoms with E-state index in [0.717, 1.165) is 24.2 Å². The van der Waals surface area contributed by atoms with Gasteiger partial charge in [-0.2, -0.15) is 0 Å². The third kappa shape index (κ3) is 6.32. The molecule has 4 rings (SSSR count). The number of benzene rings is 2. The molecule has 0 spiro atoms. The van der Waals surface area contributed by atoms with Gasteiger partial charge in [-0.15, -0.1) is 0 Å². The Morgan fingerprint density at radius 3 is 2.38 bits per heavy atom. The van der Waals surface area contributed by atoms with Crippen molar-refractivity contribution in [2.24, 2.45) is 0 Å². The third-order valence-corrected chi connectivity index (χ3v) is 5.86. The number of nitrogens with zero attached hydrogens (tertiary/aromatic N) is 2. The molecule has 1 atom stereocenters. The van der Waals surface area contributed by atoms with E-state index in [1.165, 1.54) is 12.1 Å². The molecule has 1 saturated heterocycles. The first-order valence-electron chi connectivity index (χ1n) is 11.5. The van der Waals surface area contributed by atoms with Crippen molar-refractivity contribution < 1.29 is 23.1 Å². The van der Waals surface area contributed by atoms with Crippen molar-refractivity contribution in [3.63, 3.8) is 0 Å². The molecule has 34 heavy (non-hydrogen) atoms. The van der Waals surface area contributed by atoms with Crippen LogP contribution in [0.25, 0.3) is 0 Å². The molecule has 2 amide bonds. The minimum Gasteiger partial charge on any atom is -0.464 e. The van der Waals surface area contributed by atoms with E-state index in [9.17, 15) is 14.0 Å². The van der Waals surface area contributed by atoms with Crippen LogP contribution in [0.2, 0.25) is 0 Å². The van der Waals surface area contributed by atoms with Crippen LogP contribution in [0.4, 0.5) is 4.39 Å². The number of furan rings is 1. The van der Waals surface area contributed by atoms with Gasteiger partial charge in [0.25, 0.3) is 5.91 Å². The van der Waals surface area contributed by atoms with E-state index in [4.69, 9.17) is 9.15 Å². The minimum absolute atomic E-state index is 0.0845. The second-order valence-corrected chi connectivity index (χ2v) is 8.58. The molecular formula is C27H29FN2O4. The highest BCUT2D eigenvalue weighted by Crippen LogP contribution is 2.18. The summed E-state index contributed by atoms with van der Waals surface area (Å²) in [6, 6.07) is 18.7. The smallest absolute Gasteiger partial charge is 0.254 e. The Labute approximate surface area is 198 Å². The zero-order chi connectivity index (χ0) is 23.9. The van der Waals surface area contributed by atoms with Crippen LogP contribution in [0, 0.1) is 12.7 Å². The molecule has 0 N–H and O–H groups in total. The van der Waals surface area contributed by atoms with Gasteiger partial charge in [0.2, 0.25) is 5.91 Å². The molecule has 6 nitrogen and oxygen atoms in total. The third-order valence-electron chi connectivity index (χ3n) is 5.86. The number of carbonyl (C=O) groups excluding carboxylic acids is 2. The van der Waals surface area contributed by atoms with Gasteiger partial charge in [0.05, 0.1) is 12.6 Å². The molecule has 0 radical (unpaired) electrons. The number of ether oxygens (including phenoxy) is 1. The summed E-state index contributed by atoms with van der Waals surface area (Å²) in [7, 11) is 0. The molecule has 0 saturated carbocycles. The predicted molar refractivity (Wildman–Crippen MR) is 125 cm³/mol. The molecule has 0 aliphatic carbocycles. The molecule has 2 heterocycles. The van der Waals surface area contributed by atoms with Crippen molar-refractivity contribution in [1.82, 2.24) is 9.80 Å².